The van der Waals surface area contributed by atoms with Gasteiger partial charge in [-0.3, -0.25) is 0 Å². The minimum atomic E-state index is -0.601. The molecule has 0 spiro atoms. The Morgan fingerprint density at radius 1 is 1.00 bits per heavy atom. The number of aromatic hydroxyl groups is 1. The number of benzene rings is 3. The van der Waals surface area contributed by atoms with Crippen molar-refractivity contribution in [1.82, 2.24) is 19.6 Å². The second-order valence-electron chi connectivity index (χ2n) is 10.4. The van der Waals surface area contributed by atoms with Crippen LogP contribution in [-0.2, 0) is 4.74 Å². The molecule has 43 heavy (non-hydrogen) atoms. The van der Waals surface area contributed by atoms with E-state index in [4.69, 9.17) is 23.6 Å². The number of hydrogen-bond donors (Lipinski definition) is 1. The van der Waals surface area contributed by atoms with Crippen LogP contribution in [0.3, 0.4) is 0 Å². The molecule has 8 rings (SSSR count). The smallest absolute Gasteiger partial charge is 0.344 e. The molecule has 3 aromatic heterocycles. The second kappa shape index (κ2) is 9.85. The van der Waals surface area contributed by atoms with Crippen LogP contribution >= 0.6 is 0 Å². The summed E-state index contributed by atoms with van der Waals surface area (Å²) in [5.41, 5.74) is 3.88. The van der Waals surface area contributed by atoms with Gasteiger partial charge in [-0.2, -0.15) is 0 Å². The van der Waals surface area contributed by atoms with E-state index in [2.05, 4.69) is 27.1 Å². The Balaban J connectivity index is 1.33. The van der Waals surface area contributed by atoms with E-state index < -0.39 is 11.5 Å². The summed E-state index contributed by atoms with van der Waals surface area (Å²) < 4.78 is 24.4. The number of morpholine rings is 1. The van der Waals surface area contributed by atoms with E-state index in [9.17, 15) is 9.90 Å². The van der Waals surface area contributed by atoms with Gasteiger partial charge in [-0.05, 0) is 48.0 Å². The summed E-state index contributed by atoms with van der Waals surface area (Å²) in [7, 11) is 1.49. The molecule has 1 atom stereocenters. The molecular weight excluding hydrogens is 550 g/mol. The molecule has 11 heteroatoms. The van der Waals surface area contributed by atoms with E-state index >= 15 is 0 Å². The molecule has 0 bridgehead atoms. The van der Waals surface area contributed by atoms with E-state index in [1.165, 1.54) is 13.4 Å². The number of phenols is 1. The lowest BCUT2D eigenvalue weighted by Gasteiger charge is -2.30. The number of rotatable bonds is 4. The first-order valence-corrected chi connectivity index (χ1v) is 13.9. The van der Waals surface area contributed by atoms with Crippen LogP contribution in [0, 0.1) is 0 Å². The number of hydrogen-bond acceptors (Lipinski definition) is 10. The number of methoxy groups -OCH3 is 1. The minimum Gasteiger partial charge on any atom is -0.504 e. The summed E-state index contributed by atoms with van der Waals surface area (Å²) >= 11 is 0. The summed E-state index contributed by atoms with van der Waals surface area (Å²) in [4.78, 5) is 25.4. The second-order valence-corrected chi connectivity index (χ2v) is 10.4. The van der Waals surface area contributed by atoms with Crippen molar-refractivity contribution in [3.8, 4) is 34.5 Å². The fraction of sp³-hybridized carbons (Fsp3) is 0.188. The molecule has 3 aromatic carbocycles. The fourth-order valence-electron chi connectivity index (χ4n) is 5.91. The molecule has 0 saturated carbocycles. The van der Waals surface area contributed by atoms with Gasteiger partial charge in [0.15, 0.2) is 28.7 Å². The largest absolute Gasteiger partial charge is 0.504 e. The summed E-state index contributed by atoms with van der Waals surface area (Å²) in [6, 6.07) is 20.4. The third-order valence-electron chi connectivity index (χ3n) is 8.00. The lowest BCUT2D eigenvalue weighted by Crippen LogP contribution is -2.36. The lowest BCUT2D eigenvalue weighted by atomic mass is 9.84. The highest BCUT2D eigenvalue weighted by Crippen LogP contribution is 2.49. The Labute approximate surface area is 244 Å². The number of aromatic nitrogens is 4. The van der Waals surface area contributed by atoms with E-state index in [-0.39, 0.29) is 5.75 Å². The standard InChI is InChI=1S/C32H25N5O6/c1-40-24-11-8-19(16-22(24)38)29-34-30-27-25(18-6-9-20(10-7-18)36-12-14-41-15-13-36)26-28(43-31(27)33-17-37(30)35-29)21-4-2-3-5-23(21)42-32(26)39/h2-11,16-17,25,38H,12-15H2,1H3. The van der Waals surface area contributed by atoms with Gasteiger partial charge in [-0.15, -0.1) is 5.10 Å². The van der Waals surface area contributed by atoms with Gasteiger partial charge in [-0.1, -0.05) is 24.3 Å². The average molecular weight is 576 g/mol. The van der Waals surface area contributed by atoms with Gasteiger partial charge in [0.2, 0.25) is 5.88 Å². The number of nitrogens with zero attached hydrogens (tertiary/aromatic N) is 5. The third kappa shape index (κ3) is 4.08. The molecule has 214 valence electrons. The van der Waals surface area contributed by atoms with Gasteiger partial charge in [0, 0.05) is 24.3 Å². The molecule has 11 nitrogen and oxygen atoms in total. The van der Waals surface area contributed by atoms with Gasteiger partial charge in [0.1, 0.15) is 11.9 Å². The number of anilines is 1. The Morgan fingerprint density at radius 2 is 1.81 bits per heavy atom. The minimum absolute atomic E-state index is 0.0287. The Kier molecular flexibility index (Phi) is 5.79. The van der Waals surface area contributed by atoms with E-state index in [0.29, 0.717) is 69.7 Å². The molecule has 0 amide bonds. The Bertz CT molecular complexity index is 2080. The van der Waals surface area contributed by atoms with E-state index in [1.807, 2.05) is 30.3 Å². The van der Waals surface area contributed by atoms with Crippen LogP contribution in [-0.4, -0.2) is 58.1 Å². The van der Waals surface area contributed by atoms with Gasteiger partial charge >= 0.3 is 5.63 Å². The molecule has 1 N–H and O–H groups in total. The summed E-state index contributed by atoms with van der Waals surface area (Å²) in [6.07, 6.45) is 1.53. The summed E-state index contributed by atoms with van der Waals surface area (Å²) in [5.74, 6) is 0.824. The maximum absolute atomic E-state index is 13.7. The van der Waals surface area contributed by atoms with Crippen molar-refractivity contribution in [2.45, 2.75) is 5.92 Å². The lowest BCUT2D eigenvalue weighted by molar-refractivity contribution is 0.122. The molecule has 1 fully saturated rings. The third-order valence-corrected chi connectivity index (χ3v) is 8.00. The topological polar surface area (TPSA) is 124 Å². The molecule has 2 aliphatic heterocycles. The van der Waals surface area contributed by atoms with Gasteiger partial charge < -0.3 is 28.6 Å². The molecule has 0 aliphatic carbocycles. The Hall–Kier alpha value is -5.42. The molecule has 0 radical (unpaired) electrons. The SMILES string of the molecule is COc1ccc(-c2nc3c4c(ncn3n2)Oc2c(c(=O)oc3ccccc23)C4c2ccc(N3CCOCC3)cc2)cc1O. The first kappa shape index (κ1) is 25.3. The van der Waals surface area contributed by atoms with Crippen molar-refractivity contribution in [1.29, 1.82) is 0 Å². The first-order valence-electron chi connectivity index (χ1n) is 13.9. The van der Waals surface area contributed by atoms with Crippen LogP contribution in [0.4, 0.5) is 5.69 Å². The van der Waals surface area contributed by atoms with Crippen molar-refractivity contribution in [3.05, 3.63) is 100 Å². The zero-order valence-corrected chi connectivity index (χ0v) is 23.1. The van der Waals surface area contributed by atoms with Crippen LogP contribution in [0.15, 0.2) is 82.3 Å². The van der Waals surface area contributed by atoms with Crippen molar-refractivity contribution in [2.75, 3.05) is 38.3 Å². The Morgan fingerprint density at radius 3 is 2.60 bits per heavy atom. The van der Waals surface area contributed by atoms with Crippen molar-refractivity contribution < 1.29 is 23.7 Å². The molecule has 6 aromatic rings. The van der Waals surface area contributed by atoms with Crippen LogP contribution in [0.1, 0.15) is 22.6 Å². The van der Waals surface area contributed by atoms with E-state index in [1.54, 1.807) is 28.8 Å². The van der Waals surface area contributed by atoms with Crippen LogP contribution < -0.4 is 20.0 Å². The zero-order chi connectivity index (χ0) is 29.1. The first-order chi connectivity index (χ1) is 21.1. The monoisotopic (exact) mass is 575 g/mol. The maximum atomic E-state index is 13.7. The van der Waals surface area contributed by atoms with Crippen molar-refractivity contribution in [3.63, 3.8) is 0 Å². The quantitative estimate of drug-likeness (QED) is 0.295. The fourth-order valence-corrected chi connectivity index (χ4v) is 5.91. The highest BCUT2D eigenvalue weighted by molar-refractivity contribution is 5.87. The predicted molar refractivity (Wildman–Crippen MR) is 157 cm³/mol. The summed E-state index contributed by atoms with van der Waals surface area (Å²) in [5, 5.41) is 15.7. The van der Waals surface area contributed by atoms with Crippen LogP contribution in [0.2, 0.25) is 0 Å². The van der Waals surface area contributed by atoms with Crippen molar-refractivity contribution in [2.24, 2.45) is 0 Å². The molecule has 2 aliphatic rings. The zero-order valence-electron chi connectivity index (χ0n) is 23.1. The van der Waals surface area contributed by atoms with Gasteiger partial charge in [0.05, 0.1) is 42.8 Å². The van der Waals surface area contributed by atoms with Gasteiger partial charge in [0.25, 0.3) is 0 Å². The highest BCUT2D eigenvalue weighted by atomic mass is 16.5. The molecule has 5 heterocycles. The molecule has 1 unspecified atom stereocenters. The number of fused-ring (bicyclic) bond motifs is 6. The average Bonchev–Trinajstić information content (AvgIpc) is 3.49. The van der Waals surface area contributed by atoms with E-state index in [0.717, 1.165) is 24.3 Å². The number of phenolic OH excluding ortho intramolecular Hbond substituents is 1. The van der Waals surface area contributed by atoms with Crippen LogP contribution in [0.5, 0.6) is 23.1 Å². The van der Waals surface area contributed by atoms with Gasteiger partial charge in [-0.25, -0.2) is 19.3 Å². The van der Waals surface area contributed by atoms with Crippen LogP contribution in [0.25, 0.3) is 28.0 Å². The maximum Gasteiger partial charge on any atom is 0.344 e. The predicted octanol–water partition coefficient (Wildman–Crippen LogP) is 4.73. The number of ether oxygens (including phenoxy) is 3. The molecular formula is C32H25N5O6. The number of para-hydroxylation sites is 1. The summed E-state index contributed by atoms with van der Waals surface area (Å²) in [6.45, 7) is 2.99. The highest BCUT2D eigenvalue weighted by Gasteiger charge is 2.37. The van der Waals surface area contributed by atoms with Crippen molar-refractivity contribution >= 4 is 22.3 Å². The molecule has 1 saturated heterocycles. The normalized spacial score (nSPS) is 16.1.